The summed E-state index contributed by atoms with van der Waals surface area (Å²) in [5.41, 5.74) is 3.97. The van der Waals surface area contributed by atoms with Crippen molar-refractivity contribution >= 4 is 0 Å². The molecule has 5 nitrogen and oxygen atoms in total. The first-order valence-corrected chi connectivity index (χ1v) is 9.76. The summed E-state index contributed by atoms with van der Waals surface area (Å²) in [5.74, 6) is 0. The van der Waals surface area contributed by atoms with Crippen LogP contribution in [0.5, 0.6) is 0 Å². The summed E-state index contributed by atoms with van der Waals surface area (Å²) in [6.45, 7) is 7.66. The van der Waals surface area contributed by atoms with E-state index in [9.17, 15) is 5.11 Å². The fourth-order valence-corrected chi connectivity index (χ4v) is 3.89. The summed E-state index contributed by atoms with van der Waals surface area (Å²) in [6.07, 6.45) is 5.14. The minimum atomic E-state index is 0.264. The number of benzene rings is 1. The van der Waals surface area contributed by atoms with Crippen molar-refractivity contribution in [3.8, 4) is 0 Å². The van der Waals surface area contributed by atoms with E-state index in [1.807, 2.05) is 17.9 Å². The van der Waals surface area contributed by atoms with Gasteiger partial charge >= 0.3 is 0 Å². The van der Waals surface area contributed by atoms with Gasteiger partial charge in [-0.2, -0.15) is 5.10 Å². The van der Waals surface area contributed by atoms with Gasteiger partial charge in [0.25, 0.3) is 0 Å². The highest BCUT2D eigenvalue weighted by Gasteiger charge is 2.26. The van der Waals surface area contributed by atoms with E-state index in [-0.39, 0.29) is 6.61 Å². The molecule has 1 aliphatic rings. The lowest BCUT2D eigenvalue weighted by atomic mass is 10.1. The minimum Gasteiger partial charge on any atom is -0.396 e. The largest absolute Gasteiger partial charge is 0.396 e. The first-order valence-electron chi connectivity index (χ1n) is 9.76. The van der Waals surface area contributed by atoms with Crippen LogP contribution in [0.15, 0.2) is 36.5 Å². The van der Waals surface area contributed by atoms with Gasteiger partial charge in [-0.3, -0.25) is 14.5 Å². The molecule has 1 N–H and O–H groups in total. The zero-order chi connectivity index (χ0) is 18.4. The van der Waals surface area contributed by atoms with Gasteiger partial charge < -0.3 is 5.11 Å². The van der Waals surface area contributed by atoms with Gasteiger partial charge in [-0.1, -0.05) is 30.3 Å². The summed E-state index contributed by atoms with van der Waals surface area (Å²) in [4.78, 5) is 5.09. The van der Waals surface area contributed by atoms with Gasteiger partial charge in [-0.05, 0) is 38.3 Å². The highest BCUT2D eigenvalue weighted by Crippen LogP contribution is 2.18. The van der Waals surface area contributed by atoms with E-state index in [0.29, 0.717) is 6.04 Å². The predicted octanol–water partition coefficient (Wildman–Crippen LogP) is 2.23. The maximum absolute atomic E-state index is 9.50. The Morgan fingerprint density at radius 2 is 2.00 bits per heavy atom. The molecule has 0 aliphatic carbocycles. The topological polar surface area (TPSA) is 44.5 Å². The van der Waals surface area contributed by atoms with Crippen molar-refractivity contribution in [3.63, 3.8) is 0 Å². The third-order valence-electron chi connectivity index (χ3n) is 5.64. The number of nitrogens with zero attached hydrogens (tertiary/aromatic N) is 4. The standard InChI is InChI=1S/C21H32N4O/c1-18-20(15-22-23(18)2)16-24-12-13-25(21(17-24)10-14-26)11-6-9-19-7-4-3-5-8-19/h3-5,7-8,15,21,26H,6,9-14,16-17H2,1-2H3. The predicted molar refractivity (Wildman–Crippen MR) is 105 cm³/mol. The lowest BCUT2D eigenvalue weighted by Gasteiger charge is -2.41. The maximum atomic E-state index is 9.50. The molecule has 0 amide bonds. The quantitative estimate of drug-likeness (QED) is 0.788. The molecule has 1 fully saturated rings. The zero-order valence-corrected chi connectivity index (χ0v) is 16.1. The number of aliphatic hydroxyl groups excluding tert-OH is 1. The normalized spacial score (nSPS) is 19.1. The molecule has 26 heavy (non-hydrogen) atoms. The molecule has 2 heterocycles. The van der Waals surface area contributed by atoms with Crippen LogP contribution in [0, 0.1) is 6.92 Å². The summed E-state index contributed by atoms with van der Waals surface area (Å²) < 4.78 is 1.94. The number of hydrogen-bond acceptors (Lipinski definition) is 4. The third-order valence-corrected chi connectivity index (χ3v) is 5.64. The Bertz CT molecular complexity index is 670. The van der Waals surface area contributed by atoms with Crippen molar-refractivity contribution in [3.05, 3.63) is 53.3 Å². The first-order chi connectivity index (χ1) is 12.7. The molecule has 2 aromatic rings. The molecule has 1 aliphatic heterocycles. The van der Waals surface area contributed by atoms with Crippen LogP contribution in [0.1, 0.15) is 29.7 Å². The first kappa shape index (κ1) is 19.1. The molecule has 5 heteroatoms. The van der Waals surface area contributed by atoms with Crippen molar-refractivity contribution < 1.29 is 5.11 Å². The van der Waals surface area contributed by atoms with Crippen LogP contribution in [-0.2, 0) is 20.0 Å². The molecular formula is C21H32N4O. The van der Waals surface area contributed by atoms with Gasteiger partial charge in [0.05, 0.1) is 6.20 Å². The van der Waals surface area contributed by atoms with E-state index in [1.165, 1.54) is 23.2 Å². The van der Waals surface area contributed by atoms with Gasteiger partial charge in [0.15, 0.2) is 0 Å². The number of rotatable bonds is 8. The number of piperazine rings is 1. The lowest BCUT2D eigenvalue weighted by Crippen LogP contribution is -2.53. The van der Waals surface area contributed by atoms with Crippen molar-refractivity contribution in [2.24, 2.45) is 7.05 Å². The summed E-state index contributed by atoms with van der Waals surface area (Å²) in [6, 6.07) is 11.2. The van der Waals surface area contributed by atoms with E-state index in [4.69, 9.17) is 0 Å². The molecular weight excluding hydrogens is 324 g/mol. The Hall–Kier alpha value is -1.69. The molecule has 1 atom stereocenters. The minimum absolute atomic E-state index is 0.264. The van der Waals surface area contributed by atoms with E-state index in [1.54, 1.807) is 0 Å². The summed E-state index contributed by atoms with van der Waals surface area (Å²) in [5, 5.41) is 13.9. The average Bonchev–Trinajstić information content (AvgIpc) is 2.97. The van der Waals surface area contributed by atoms with Crippen LogP contribution in [0.25, 0.3) is 0 Å². The number of aromatic nitrogens is 2. The Morgan fingerprint density at radius 3 is 2.69 bits per heavy atom. The third kappa shape index (κ3) is 4.93. The van der Waals surface area contributed by atoms with Crippen molar-refractivity contribution in [1.82, 2.24) is 19.6 Å². The molecule has 1 aromatic carbocycles. The van der Waals surface area contributed by atoms with Crippen LogP contribution < -0.4 is 0 Å². The molecule has 3 rings (SSSR count). The van der Waals surface area contributed by atoms with Gasteiger partial charge in [0, 0.05) is 57.1 Å². The van der Waals surface area contributed by atoms with Gasteiger partial charge in [-0.25, -0.2) is 0 Å². The molecule has 1 unspecified atom stereocenters. The fourth-order valence-electron chi connectivity index (χ4n) is 3.89. The van der Waals surface area contributed by atoms with Crippen molar-refractivity contribution in [1.29, 1.82) is 0 Å². The fraction of sp³-hybridized carbons (Fsp3) is 0.571. The van der Waals surface area contributed by atoms with Gasteiger partial charge in [0.2, 0.25) is 0 Å². The summed E-state index contributed by atoms with van der Waals surface area (Å²) >= 11 is 0. The highest BCUT2D eigenvalue weighted by atomic mass is 16.3. The molecule has 0 spiro atoms. The number of aryl methyl sites for hydroxylation is 2. The van der Waals surface area contributed by atoms with Crippen LogP contribution in [0.2, 0.25) is 0 Å². The highest BCUT2D eigenvalue weighted by molar-refractivity contribution is 5.16. The van der Waals surface area contributed by atoms with Crippen LogP contribution >= 0.6 is 0 Å². The molecule has 0 bridgehead atoms. The second-order valence-corrected chi connectivity index (χ2v) is 7.41. The van der Waals surface area contributed by atoms with Crippen molar-refractivity contribution in [2.75, 3.05) is 32.8 Å². The lowest BCUT2D eigenvalue weighted by molar-refractivity contribution is 0.0546. The zero-order valence-electron chi connectivity index (χ0n) is 16.1. The summed E-state index contributed by atoms with van der Waals surface area (Å²) in [7, 11) is 2.00. The average molecular weight is 357 g/mol. The van der Waals surface area contributed by atoms with E-state index in [0.717, 1.165) is 45.6 Å². The molecule has 0 radical (unpaired) electrons. The second kappa shape index (κ2) is 9.31. The van der Waals surface area contributed by atoms with Gasteiger partial charge in [0.1, 0.15) is 0 Å². The Kier molecular flexibility index (Phi) is 6.83. The number of hydrogen-bond donors (Lipinski definition) is 1. The monoisotopic (exact) mass is 356 g/mol. The smallest absolute Gasteiger partial charge is 0.0537 e. The van der Waals surface area contributed by atoms with Crippen LogP contribution in [0.4, 0.5) is 0 Å². The van der Waals surface area contributed by atoms with Crippen LogP contribution in [-0.4, -0.2) is 63.5 Å². The Labute approximate surface area is 157 Å². The number of aliphatic hydroxyl groups is 1. The molecule has 1 aromatic heterocycles. The molecule has 1 saturated heterocycles. The van der Waals surface area contributed by atoms with Crippen molar-refractivity contribution in [2.45, 2.75) is 38.8 Å². The second-order valence-electron chi connectivity index (χ2n) is 7.41. The Balaban J connectivity index is 1.51. The van der Waals surface area contributed by atoms with Crippen LogP contribution in [0.3, 0.4) is 0 Å². The molecule has 142 valence electrons. The maximum Gasteiger partial charge on any atom is 0.0537 e. The van der Waals surface area contributed by atoms with E-state index < -0.39 is 0 Å². The molecule has 0 saturated carbocycles. The van der Waals surface area contributed by atoms with Gasteiger partial charge in [-0.15, -0.1) is 0 Å². The van der Waals surface area contributed by atoms with E-state index in [2.05, 4.69) is 52.2 Å². The van der Waals surface area contributed by atoms with E-state index >= 15 is 0 Å². The SMILES string of the molecule is Cc1c(CN2CCN(CCCc3ccccc3)C(CCO)C2)cnn1C. The Morgan fingerprint density at radius 1 is 1.19 bits per heavy atom.